The van der Waals surface area contributed by atoms with Crippen molar-refractivity contribution in [2.75, 3.05) is 13.2 Å². The predicted molar refractivity (Wildman–Crippen MR) is 59.9 cm³/mol. The van der Waals surface area contributed by atoms with Crippen molar-refractivity contribution in [1.82, 2.24) is 9.97 Å². The van der Waals surface area contributed by atoms with Crippen molar-refractivity contribution in [3.8, 4) is 0 Å². The van der Waals surface area contributed by atoms with E-state index in [4.69, 9.17) is 14.6 Å². The Balaban J connectivity index is 3.15. The summed E-state index contributed by atoms with van der Waals surface area (Å²) in [7, 11) is 0. The summed E-state index contributed by atoms with van der Waals surface area (Å²) in [5.41, 5.74) is -0.276. The number of hydrogen-bond donors (Lipinski definition) is 1. The Hall–Kier alpha value is -2.02. The smallest absolute Gasteiger partial charge is 0.357 e. The zero-order valence-electron chi connectivity index (χ0n) is 10.2. The summed E-state index contributed by atoms with van der Waals surface area (Å²) in [6, 6.07) is 0. The lowest BCUT2D eigenvalue weighted by Crippen LogP contribution is -2.18. The van der Waals surface area contributed by atoms with Crippen molar-refractivity contribution in [3.05, 3.63) is 23.3 Å². The molecule has 18 heavy (non-hydrogen) atoms. The zero-order chi connectivity index (χ0) is 13.5. The standard InChI is InChI=1S/C11H14N2O5/c1-3-17-10(15)7-5-12-8(6-14)13-9(7)11(16)18-4-2/h5,14H,3-4,6H2,1-2H3. The van der Waals surface area contributed by atoms with Gasteiger partial charge in [0, 0.05) is 6.20 Å². The average Bonchev–Trinajstić information content (AvgIpc) is 2.38. The molecular weight excluding hydrogens is 240 g/mol. The highest BCUT2D eigenvalue weighted by molar-refractivity contribution is 6.01. The van der Waals surface area contributed by atoms with Crippen LogP contribution in [-0.2, 0) is 16.1 Å². The first-order valence-corrected chi connectivity index (χ1v) is 5.45. The van der Waals surface area contributed by atoms with Crippen LogP contribution in [0.5, 0.6) is 0 Å². The van der Waals surface area contributed by atoms with Crippen molar-refractivity contribution in [2.24, 2.45) is 0 Å². The van der Waals surface area contributed by atoms with Gasteiger partial charge in [0.25, 0.3) is 0 Å². The van der Waals surface area contributed by atoms with Crippen LogP contribution in [0.2, 0.25) is 0 Å². The van der Waals surface area contributed by atoms with Gasteiger partial charge < -0.3 is 14.6 Å². The Morgan fingerprint density at radius 1 is 1.22 bits per heavy atom. The second kappa shape index (κ2) is 6.65. The molecule has 0 saturated carbocycles. The average molecular weight is 254 g/mol. The number of carbonyl (C=O) groups is 2. The molecule has 0 spiro atoms. The lowest BCUT2D eigenvalue weighted by molar-refractivity contribution is 0.0471. The van der Waals surface area contributed by atoms with Gasteiger partial charge in [0.1, 0.15) is 12.2 Å². The molecule has 1 heterocycles. The Kier molecular flexibility index (Phi) is 5.19. The molecule has 1 aromatic rings. The minimum absolute atomic E-state index is 0.0334. The van der Waals surface area contributed by atoms with Gasteiger partial charge in [0.15, 0.2) is 11.5 Å². The summed E-state index contributed by atoms with van der Waals surface area (Å²) in [5, 5.41) is 8.91. The Bertz CT molecular complexity index is 447. The predicted octanol–water partition coefficient (Wildman–Crippen LogP) is 0.322. The van der Waals surface area contributed by atoms with Gasteiger partial charge in [-0.05, 0) is 13.8 Å². The number of aromatic nitrogens is 2. The number of aliphatic hydroxyl groups excluding tert-OH is 1. The normalized spacial score (nSPS) is 9.94. The second-order valence-electron chi connectivity index (χ2n) is 3.15. The molecule has 0 aromatic carbocycles. The van der Waals surface area contributed by atoms with Gasteiger partial charge in [-0.15, -0.1) is 0 Å². The molecule has 0 amide bonds. The highest BCUT2D eigenvalue weighted by Gasteiger charge is 2.22. The number of esters is 2. The summed E-state index contributed by atoms with van der Waals surface area (Å²) in [5.74, 6) is -1.42. The molecule has 0 fully saturated rings. The van der Waals surface area contributed by atoms with Gasteiger partial charge in [-0.3, -0.25) is 0 Å². The third-order valence-corrected chi connectivity index (χ3v) is 1.94. The van der Waals surface area contributed by atoms with Gasteiger partial charge in [0.2, 0.25) is 0 Å². The van der Waals surface area contributed by atoms with Crippen LogP contribution in [0.25, 0.3) is 0 Å². The van der Waals surface area contributed by atoms with Crippen molar-refractivity contribution in [2.45, 2.75) is 20.5 Å². The van der Waals surface area contributed by atoms with E-state index in [1.807, 2.05) is 0 Å². The molecule has 0 aliphatic rings. The van der Waals surface area contributed by atoms with Crippen LogP contribution in [0.1, 0.15) is 40.5 Å². The van der Waals surface area contributed by atoms with E-state index >= 15 is 0 Å². The first-order chi connectivity index (χ1) is 8.63. The summed E-state index contributed by atoms with van der Waals surface area (Å²) in [4.78, 5) is 30.8. The van der Waals surface area contributed by atoms with E-state index < -0.39 is 18.5 Å². The van der Waals surface area contributed by atoms with Crippen LogP contribution in [0, 0.1) is 0 Å². The molecule has 0 bridgehead atoms. The maximum atomic E-state index is 11.6. The van der Waals surface area contributed by atoms with Crippen LogP contribution >= 0.6 is 0 Å². The maximum Gasteiger partial charge on any atom is 0.357 e. The molecular formula is C11H14N2O5. The summed E-state index contributed by atoms with van der Waals surface area (Å²) < 4.78 is 9.56. The fraction of sp³-hybridized carbons (Fsp3) is 0.455. The fourth-order valence-corrected chi connectivity index (χ4v) is 1.21. The minimum Gasteiger partial charge on any atom is -0.462 e. The number of ether oxygens (including phenoxy) is 2. The minimum atomic E-state index is -0.752. The van der Waals surface area contributed by atoms with Crippen LogP contribution in [-0.4, -0.2) is 40.2 Å². The third kappa shape index (κ3) is 3.24. The SMILES string of the molecule is CCOC(=O)c1cnc(CO)nc1C(=O)OCC. The van der Waals surface area contributed by atoms with E-state index in [2.05, 4.69) is 9.97 Å². The summed E-state index contributed by atoms with van der Waals surface area (Å²) in [6.07, 6.45) is 1.14. The Morgan fingerprint density at radius 3 is 2.39 bits per heavy atom. The maximum absolute atomic E-state index is 11.6. The van der Waals surface area contributed by atoms with Gasteiger partial charge in [0.05, 0.1) is 13.2 Å². The van der Waals surface area contributed by atoms with E-state index in [1.165, 1.54) is 0 Å². The van der Waals surface area contributed by atoms with E-state index in [0.29, 0.717) is 0 Å². The van der Waals surface area contributed by atoms with E-state index in [0.717, 1.165) is 6.20 Å². The molecule has 1 N–H and O–H groups in total. The van der Waals surface area contributed by atoms with Crippen LogP contribution in [0.4, 0.5) is 0 Å². The van der Waals surface area contributed by atoms with Crippen LogP contribution in [0.15, 0.2) is 6.20 Å². The van der Waals surface area contributed by atoms with Gasteiger partial charge in [-0.1, -0.05) is 0 Å². The van der Waals surface area contributed by atoms with Gasteiger partial charge in [-0.25, -0.2) is 19.6 Å². The molecule has 1 rings (SSSR count). The van der Waals surface area contributed by atoms with Gasteiger partial charge in [-0.2, -0.15) is 0 Å². The quantitative estimate of drug-likeness (QED) is 0.755. The molecule has 98 valence electrons. The first-order valence-electron chi connectivity index (χ1n) is 5.45. The fourth-order valence-electron chi connectivity index (χ4n) is 1.21. The molecule has 0 radical (unpaired) electrons. The van der Waals surface area contributed by atoms with Crippen molar-refractivity contribution >= 4 is 11.9 Å². The van der Waals surface area contributed by atoms with Crippen LogP contribution in [0.3, 0.4) is 0 Å². The molecule has 0 atom stereocenters. The molecule has 7 heteroatoms. The number of aliphatic hydroxyl groups is 1. The monoisotopic (exact) mass is 254 g/mol. The van der Waals surface area contributed by atoms with Crippen molar-refractivity contribution < 1.29 is 24.2 Å². The number of carbonyl (C=O) groups excluding carboxylic acids is 2. The first kappa shape index (κ1) is 14.0. The molecule has 7 nitrogen and oxygen atoms in total. The summed E-state index contributed by atoms with van der Waals surface area (Å²) in [6.45, 7) is 3.17. The number of nitrogens with zero attached hydrogens (tertiary/aromatic N) is 2. The number of hydrogen-bond acceptors (Lipinski definition) is 7. The lowest BCUT2D eigenvalue weighted by Gasteiger charge is -2.07. The molecule has 0 aliphatic carbocycles. The Morgan fingerprint density at radius 2 is 1.83 bits per heavy atom. The van der Waals surface area contributed by atoms with E-state index in [-0.39, 0.29) is 30.3 Å². The third-order valence-electron chi connectivity index (χ3n) is 1.94. The molecule has 0 saturated heterocycles. The highest BCUT2D eigenvalue weighted by atomic mass is 16.5. The molecule has 0 aliphatic heterocycles. The van der Waals surface area contributed by atoms with Crippen molar-refractivity contribution in [3.63, 3.8) is 0 Å². The van der Waals surface area contributed by atoms with Crippen molar-refractivity contribution in [1.29, 1.82) is 0 Å². The Labute approximate surface area is 104 Å². The zero-order valence-corrected chi connectivity index (χ0v) is 10.2. The number of rotatable bonds is 5. The topological polar surface area (TPSA) is 98.6 Å². The van der Waals surface area contributed by atoms with Gasteiger partial charge >= 0.3 is 11.9 Å². The summed E-state index contributed by atoms with van der Waals surface area (Å²) >= 11 is 0. The van der Waals surface area contributed by atoms with E-state index in [1.54, 1.807) is 13.8 Å². The van der Waals surface area contributed by atoms with E-state index in [9.17, 15) is 9.59 Å². The lowest BCUT2D eigenvalue weighted by atomic mass is 10.2. The molecule has 1 aromatic heterocycles. The van der Waals surface area contributed by atoms with Crippen LogP contribution < -0.4 is 0 Å². The largest absolute Gasteiger partial charge is 0.462 e. The highest BCUT2D eigenvalue weighted by Crippen LogP contribution is 2.09. The molecule has 0 unspecified atom stereocenters. The second-order valence-corrected chi connectivity index (χ2v) is 3.15.